The van der Waals surface area contributed by atoms with Crippen LogP contribution >= 0.6 is 11.3 Å². The summed E-state index contributed by atoms with van der Waals surface area (Å²) < 4.78 is 6.19. The molecule has 1 aromatic carbocycles. The van der Waals surface area contributed by atoms with Crippen LogP contribution in [0.5, 0.6) is 5.75 Å². The Balaban J connectivity index is 1.42. The van der Waals surface area contributed by atoms with Gasteiger partial charge in [-0.25, -0.2) is 4.98 Å². The SMILES string of the molecule is COc1ccc2nc(NC(=O)C3CC(=O)N(C4CCCCC4)C3)sc2c1. The van der Waals surface area contributed by atoms with Crippen LogP contribution in [0.25, 0.3) is 10.2 Å². The summed E-state index contributed by atoms with van der Waals surface area (Å²) in [6.07, 6.45) is 6.06. The number of amides is 2. The number of methoxy groups -OCH3 is 1. The highest BCUT2D eigenvalue weighted by atomic mass is 32.1. The van der Waals surface area contributed by atoms with Crippen LogP contribution in [0.1, 0.15) is 38.5 Å². The minimum atomic E-state index is -0.286. The van der Waals surface area contributed by atoms with Crippen molar-refractivity contribution in [3.8, 4) is 5.75 Å². The third-order valence-electron chi connectivity index (χ3n) is 5.37. The number of ether oxygens (including phenoxy) is 1. The Bertz CT molecular complexity index is 829. The summed E-state index contributed by atoms with van der Waals surface area (Å²) in [5.74, 6) is 0.489. The van der Waals surface area contributed by atoms with E-state index in [0.29, 0.717) is 24.1 Å². The predicted molar refractivity (Wildman–Crippen MR) is 101 cm³/mol. The molecule has 2 aliphatic rings. The summed E-state index contributed by atoms with van der Waals surface area (Å²) in [6.45, 7) is 0.536. The Hall–Kier alpha value is -2.15. The zero-order chi connectivity index (χ0) is 18.1. The number of carbonyl (C=O) groups excluding carboxylic acids is 2. The number of hydrogen-bond donors (Lipinski definition) is 1. The average molecular weight is 373 g/mol. The van der Waals surface area contributed by atoms with E-state index in [1.807, 2.05) is 23.1 Å². The molecular formula is C19H23N3O3S. The van der Waals surface area contributed by atoms with Crippen molar-refractivity contribution in [3.05, 3.63) is 18.2 Å². The minimum Gasteiger partial charge on any atom is -0.497 e. The van der Waals surface area contributed by atoms with Gasteiger partial charge in [0.2, 0.25) is 11.8 Å². The van der Waals surface area contributed by atoms with Crippen LogP contribution in [0.4, 0.5) is 5.13 Å². The van der Waals surface area contributed by atoms with E-state index in [4.69, 9.17) is 4.74 Å². The first-order chi connectivity index (χ1) is 12.6. The molecule has 1 aromatic heterocycles. The van der Waals surface area contributed by atoms with Gasteiger partial charge in [0.1, 0.15) is 5.75 Å². The number of nitrogens with zero attached hydrogens (tertiary/aromatic N) is 2. The molecule has 2 fully saturated rings. The molecule has 0 spiro atoms. The largest absolute Gasteiger partial charge is 0.497 e. The molecule has 138 valence electrons. The third-order valence-corrected chi connectivity index (χ3v) is 6.30. The zero-order valence-electron chi connectivity index (χ0n) is 14.9. The monoisotopic (exact) mass is 373 g/mol. The number of rotatable bonds is 4. The van der Waals surface area contributed by atoms with Crippen LogP contribution in [0.3, 0.4) is 0 Å². The Morgan fingerprint density at radius 1 is 1.31 bits per heavy atom. The first kappa shape index (κ1) is 17.3. The van der Waals surface area contributed by atoms with Gasteiger partial charge in [-0.15, -0.1) is 0 Å². The number of likely N-dealkylation sites (tertiary alicyclic amines) is 1. The summed E-state index contributed by atoms with van der Waals surface area (Å²) >= 11 is 1.42. The molecule has 6 nitrogen and oxygen atoms in total. The molecule has 2 aromatic rings. The quantitative estimate of drug-likeness (QED) is 0.891. The van der Waals surface area contributed by atoms with E-state index in [0.717, 1.165) is 28.8 Å². The Morgan fingerprint density at radius 2 is 2.12 bits per heavy atom. The van der Waals surface area contributed by atoms with E-state index in [2.05, 4.69) is 10.3 Å². The second kappa shape index (κ2) is 7.23. The molecule has 1 saturated heterocycles. The maximum absolute atomic E-state index is 12.6. The fourth-order valence-electron chi connectivity index (χ4n) is 3.95. The molecule has 1 unspecified atom stereocenters. The second-order valence-corrected chi connectivity index (χ2v) is 8.11. The van der Waals surface area contributed by atoms with Crippen molar-refractivity contribution in [1.29, 1.82) is 0 Å². The molecule has 1 aliphatic carbocycles. The number of hydrogen-bond acceptors (Lipinski definition) is 5. The number of benzene rings is 1. The normalized spacial score (nSPS) is 21.3. The second-order valence-electron chi connectivity index (χ2n) is 7.08. The summed E-state index contributed by atoms with van der Waals surface area (Å²) in [6, 6.07) is 5.96. The van der Waals surface area contributed by atoms with E-state index < -0.39 is 0 Å². The lowest BCUT2D eigenvalue weighted by atomic mass is 9.94. The fourth-order valence-corrected chi connectivity index (χ4v) is 4.84. The third kappa shape index (κ3) is 3.40. The van der Waals surface area contributed by atoms with Gasteiger partial charge in [-0.1, -0.05) is 30.6 Å². The number of nitrogens with one attached hydrogen (secondary N) is 1. The smallest absolute Gasteiger partial charge is 0.231 e. The molecule has 0 radical (unpaired) electrons. The number of thiazole rings is 1. The number of anilines is 1. The Kier molecular flexibility index (Phi) is 4.80. The maximum atomic E-state index is 12.6. The Labute approximate surface area is 156 Å². The highest BCUT2D eigenvalue weighted by Crippen LogP contribution is 2.31. The van der Waals surface area contributed by atoms with E-state index in [9.17, 15) is 9.59 Å². The van der Waals surface area contributed by atoms with Crippen molar-refractivity contribution in [2.75, 3.05) is 19.0 Å². The first-order valence-electron chi connectivity index (χ1n) is 9.19. The van der Waals surface area contributed by atoms with Crippen molar-refractivity contribution in [1.82, 2.24) is 9.88 Å². The number of aromatic nitrogens is 1. The van der Waals surface area contributed by atoms with Crippen LogP contribution in [0.2, 0.25) is 0 Å². The standard InChI is InChI=1S/C19H23N3O3S/c1-25-14-7-8-15-16(10-14)26-19(20-15)21-18(24)12-9-17(23)22(11-12)13-5-3-2-4-6-13/h7-8,10,12-13H,2-6,9,11H2,1H3,(H,20,21,24). The summed E-state index contributed by atoms with van der Waals surface area (Å²) in [4.78, 5) is 31.4. The van der Waals surface area contributed by atoms with Gasteiger partial charge in [0, 0.05) is 19.0 Å². The van der Waals surface area contributed by atoms with Crippen molar-refractivity contribution in [2.45, 2.75) is 44.6 Å². The van der Waals surface area contributed by atoms with Gasteiger partial charge < -0.3 is 15.0 Å². The lowest BCUT2D eigenvalue weighted by Gasteiger charge is -2.31. The van der Waals surface area contributed by atoms with Crippen LogP contribution in [0, 0.1) is 5.92 Å². The lowest BCUT2D eigenvalue weighted by Crippen LogP contribution is -2.38. The maximum Gasteiger partial charge on any atom is 0.231 e. The van der Waals surface area contributed by atoms with Gasteiger partial charge in [0.05, 0.1) is 23.2 Å². The van der Waals surface area contributed by atoms with Crippen LogP contribution in [0.15, 0.2) is 18.2 Å². The van der Waals surface area contributed by atoms with Crippen molar-refractivity contribution in [2.24, 2.45) is 5.92 Å². The zero-order valence-corrected chi connectivity index (χ0v) is 15.7. The van der Waals surface area contributed by atoms with E-state index >= 15 is 0 Å². The van der Waals surface area contributed by atoms with Crippen molar-refractivity contribution >= 4 is 38.5 Å². The molecule has 26 heavy (non-hydrogen) atoms. The van der Waals surface area contributed by atoms with Crippen LogP contribution in [-0.4, -0.2) is 41.4 Å². The molecule has 2 heterocycles. The molecule has 1 atom stereocenters. The van der Waals surface area contributed by atoms with E-state index in [-0.39, 0.29) is 17.7 Å². The van der Waals surface area contributed by atoms with Gasteiger partial charge >= 0.3 is 0 Å². The predicted octanol–water partition coefficient (Wildman–Crippen LogP) is 3.42. The van der Waals surface area contributed by atoms with Crippen molar-refractivity contribution < 1.29 is 14.3 Å². The van der Waals surface area contributed by atoms with Crippen LogP contribution < -0.4 is 10.1 Å². The minimum absolute atomic E-state index is 0.109. The molecule has 7 heteroatoms. The topological polar surface area (TPSA) is 71.5 Å². The first-order valence-corrected chi connectivity index (χ1v) is 10.0. The van der Waals surface area contributed by atoms with Gasteiger partial charge in [-0.3, -0.25) is 9.59 Å². The number of fused-ring (bicyclic) bond motifs is 1. The molecular weight excluding hydrogens is 350 g/mol. The average Bonchev–Trinajstić information content (AvgIpc) is 3.24. The Morgan fingerprint density at radius 3 is 2.88 bits per heavy atom. The van der Waals surface area contributed by atoms with Gasteiger partial charge in [0.15, 0.2) is 5.13 Å². The molecule has 1 saturated carbocycles. The van der Waals surface area contributed by atoms with Crippen molar-refractivity contribution in [3.63, 3.8) is 0 Å². The molecule has 1 N–H and O–H groups in total. The van der Waals surface area contributed by atoms with Gasteiger partial charge in [-0.05, 0) is 31.0 Å². The molecule has 1 aliphatic heterocycles. The number of carbonyl (C=O) groups is 2. The van der Waals surface area contributed by atoms with E-state index in [1.165, 1.54) is 30.6 Å². The lowest BCUT2D eigenvalue weighted by molar-refractivity contribution is -0.130. The fraction of sp³-hybridized carbons (Fsp3) is 0.526. The molecule has 2 amide bonds. The highest BCUT2D eigenvalue weighted by molar-refractivity contribution is 7.22. The van der Waals surface area contributed by atoms with Crippen LogP contribution in [-0.2, 0) is 9.59 Å². The molecule has 4 rings (SSSR count). The summed E-state index contributed by atoms with van der Waals surface area (Å²) in [5.41, 5.74) is 0.831. The summed E-state index contributed by atoms with van der Waals surface area (Å²) in [7, 11) is 1.63. The van der Waals surface area contributed by atoms with E-state index in [1.54, 1.807) is 7.11 Å². The molecule has 0 bridgehead atoms. The summed E-state index contributed by atoms with van der Waals surface area (Å²) in [5, 5.41) is 3.47. The van der Waals surface area contributed by atoms with Gasteiger partial charge in [0.25, 0.3) is 0 Å². The highest BCUT2D eigenvalue weighted by Gasteiger charge is 2.38. The van der Waals surface area contributed by atoms with Gasteiger partial charge in [-0.2, -0.15) is 0 Å².